The summed E-state index contributed by atoms with van der Waals surface area (Å²) in [7, 11) is 0. The first kappa shape index (κ1) is 13.5. The monoisotopic (exact) mass is 310 g/mol. The van der Waals surface area contributed by atoms with Crippen LogP contribution < -0.4 is 0 Å². The molecule has 0 aliphatic carbocycles. The predicted octanol–water partition coefficient (Wildman–Crippen LogP) is 2.95. The van der Waals surface area contributed by atoms with Gasteiger partial charge in [0, 0.05) is 24.1 Å². The van der Waals surface area contributed by atoms with E-state index in [2.05, 4.69) is 20.9 Å². The van der Waals surface area contributed by atoms with Crippen molar-refractivity contribution in [2.45, 2.75) is 26.7 Å². The van der Waals surface area contributed by atoms with Crippen molar-refractivity contribution < 1.29 is 4.79 Å². The van der Waals surface area contributed by atoms with Crippen molar-refractivity contribution in [3.8, 4) is 0 Å². The van der Waals surface area contributed by atoms with Gasteiger partial charge in [-0.05, 0) is 44.7 Å². The van der Waals surface area contributed by atoms with E-state index in [1.807, 2.05) is 30.9 Å². The Kier molecular flexibility index (Phi) is 4.38. The molecule has 0 spiro atoms. The van der Waals surface area contributed by atoms with Crippen molar-refractivity contribution >= 4 is 21.8 Å². The Morgan fingerprint density at radius 2 is 2.06 bits per heavy atom. The van der Waals surface area contributed by atoms with Crippen molar-refractivity contribution in [1.29, 1.82) is 0 Å². The number of likely N-dealkylation sites (tertiary alicyclic amines) is 1. The first-order valence-electron chi connectivity index (χ1n) is 6.41. The quantitative estimate of drug-likeness (QED) is 0.787. The van der Waals surface area contributed by atoms with Crippen LogP contribution in [0.15, 0.2) is 12.1 Å². The zero-order valence-electron chi connectivity index (χ0n) is 10.9. The number of pyridine rings is 1. The van der Waals surface area contributed by atoms with Gasteiger partial charge in [-0.15, -0.1) is 0 Å². The van der Waals surface area contributed by atoms with Gasteiger partial charge >= 0.3 is 0 Å². The van der Waals surface area contributed by atoms with Gasteiger partial charge in [-0.2, -0.15) is 0 Å². The van der Waals surface area contributed by atoms with Gasteiger partial charge in [0.1, 0.15) is 0 Å². The number of amides is 1. The van der Waals surface area contributed by atoms with Crippen LogP contribution in [0.4, 0.5) is 0 Å². The summed E-state index contributed by atoms with van der Waals surface area (Å²) in [6.45, 7) is 5.58. The summed E-state index contributed by atoms with van der Waals surface area (Å²) < 4.78 is 0. The Hall–Kier alpha value is -0.900. The standard InChI is InChI=1S/C14H19BrN2O/c1-10-3-4-13(11(2)16-10)14(18)17-7-5-12(9-15)6-8-17/h3-4,12H,5-9H2,1-2H3. The number of piperidine rings is 1. The molecule has 18 heavy (non-hydrogen) atoms. The fraction of sp³-hybridized carbons (Fsp3) is 0.571. The molecule has 1 aliphatic rings. The van der Waals surface area contributed by atoms with Crippen molar-refractivity contribution in [3.63, 3.8) is 0 Å². The molecule has 1 fully saturated rings. The van der Waals surface area contributed by atoms with Gasteiger partial charge in [-0.25, -0.2) is 0 Å². The zero-order valence-corrected chi connectivity index (χ0v) is 12.5. The third-order valence-corrected chi connectivity index (χ3v) is 4.49. The number of nitrogens with zero attached hydrogens (tertiary/aromatic N) is 2. The molecule has 1 amide bonds. The second-order valence-electron chi connectivity index (χ2n) is 4.98. The minimum Gasteiger partial charge on any atom is -0.339 e. The number of alkyl halides is 1. The van der Waals surface area contributed by atoms with Gasteiger partial charge in [0.15, 0.2) is 0 Å². The molecular formula is C14H19BrN2O. The van der Waals surface area contributed by atoms with Crippen LogP contribution in [0.5, 0.6) is 0 Å². The van der Waals surface area contributed by atoms with E-state index in [4.69, 9.17) is 0 Å². The fourth-order valence-corrected chi connectivity index (χ4v) is 3.02. The molecular weight excluding hydrogens is 292 g/mol. The minimum absolute atomic E-state index is 0.132. The van der Waals surface area contributed by atoms with Crippen LogP contribution >= 0.6 is 15.9 Å². The minimum atomic E-state index is 0.132. The summed E-state index contributed by atoms with van der Waals surface area (Å²) in [6.07, 6.45) is 2.19. The first-order valence-corrected chi connectivity index (χ1v) is 7.53. The summed E-state index contributed by atoms with van der Waals surface area (Å²) in [4.78, 5) is 18.7. The van der Waals surface area contributed by atoms with Crippen molar-refractivity contribution in [2.24, 2.45) is 5.92 Å². The highest BCUT2D eigenvalue weighted by Crippen LogP contribution is 2.21. The smallest absolute Gasteiger partial charge is 0.255 e. The molecule has 1 saturated heterocycles. The molecule has 4 heteroatoms. The van der Waals surface area contributed by atoms with Crippen LogP contribution in [0.3, 0.4) is 0 Å². The largest absolute Gasteiger partial charge is 0.339 e. The number of aromatic nitrogens is 1. The summed E-state index contributed by atoms with van der Waals surface area (Å²) >= 11 is 3.52. The van der Waals surface area contributed by atoms with E-state index < -0.39 is 0 Å². The number of rotatable bonds is 2. The molecule has 2 rings (SSSR count). The highest BCUT2D eigenvalue weighted by Gasteiger charge is 2.24. The number of carbonyl (C=O) groups excluding carboxylic acids is 1. The molecule has 0 saturated carbocycles. The molecule has 0 atom stereocenters. The van der Waals surface area contributed by atoms with Gasteiger partial charge in [0.25, 0.3) is 5.91 Å². The Morgan fingerprint density at radius 1 is 1.39 bits per heavy atom. The number of hydrogen-bond acceptors (Lipinski definition) is 2. The predicted molar refractivity (Wildman–Crippen MR) is 76.1 cm³/mol. The van der Waals surface area contributed by atoms with Crippen LogP contribution in [0.25, 0.3) is 0 Å². The number of carbonyl (C=O) groups is 1. The normalized spacial score (nSPS) is 16.9. The van der Waals surface area contributed by atoms with E-state index in [0.29, 0.717) is 5.92 Å². The van der Waals surface area contributed by atoms with Crippen molar-refractivity contribution in [2.75, 3.05) is 18.4 Å². The molecule has 0 unspecified atom stereocenters. The Bertz CT molecular complexity index is 439. The molecule has 98 valence electrons. The summed E-state index contributed by atoms with van der Waals surface area (Å²) in [5.74, 6) is 0.847. The van der Waals surface area contributed by atoms with Crippen LogP contribution in [-0.2, 0) is 0 Å². The van der Waals surface area contributed by atoms with E-state index in [1.54, 1.807) is 0 Å². The third kappa shape index (κ3) is 2.91. The molecule has 0 aromatic carbocycles. The molecule has 1 aromatic heterocycles. The number of aryl methyl sites for hydroxylation is 2. The van der Waals surface area contributed by atoms with Crippen LogP contribution in [0.1, 0.15) is 34.6 Å². The van der Waals surface area contributed by atoms with E-state index in [0.717, 1.165) is 48.2 Å². The molecule has 0 N–H and O–H groups in total. The average molecular weight is 311 g/mol. The fourth-order valence-electron chi connectivity index (χ4n) is 2.37. The second kappa shape index (κ2) is 5.83. The zero-order chi connectivity index (χ0) is 13.1. The maximum absolute atomic E-state index is 12.4. The lowest BCUT2D eigenvalue weighted by atomic mass is 9.98. The van der Waals surface area contributed by atoms with Gasteiger partial charge in [-0.1, -0.05) is 15.9 Å². The van der Waals surface area contributed by atoms with Gasteiger partial charge < -0.3 is 4.90 Å². The maximum atomic E-state index is 12.4. The van der Waals surface area contributed by atoms with Gasteiger partial charge in [-0.3, -0.25) is 9.78 Å². The highest BCUT2D eigenvalue weighted by atomic mass is 79.9. The molecule has 0 bridgehead atoms. The summed E-state index contributed by atoms with van der Waals surface area (Å²) in [5.41, 5.74) is 2.54. The molecule has 3 nitrogen and oxygen atoms in total. The Labute approximate surface area is 117 Å². The van der Waals surface area contributed by atoms with E-state index in [9.17, 15) is 4.79 Å². The first-order chi connectivity index (χ1) is 8.61. The van der Waals surface area contributed by atoms with E-state index in [-0.39, 0.29) is 5.91 Å². The number of hydrogen-bond donors (Lipinski definition) is 0. The molecule has 0 radical (unpaired) electrons. The molecule has 1 aliphatic heterocycles. The maximum Gasteiger partial charge on any atom is 0.255 e. The lowest BCUT2D eigenvalue weighted by Crippen LogP contribution is -2.39. The van der Waals surface area contributed by atoms with Crippen LogP contribution in [0.2, 0.25) is 0 Å². The third-order valence-electron chi connectivity index (χ3n) is 3.58. The topological polar surface area (TPSA) is 33.2 Å². The van der Waals surface area contributed by atoms with Crippen molar-refractivity contribution in [3.05, 3.63) is 29.1 Å². The SMILES string of the molecule is Cc1ccc(C(=O)N2CCC(CBr)CC2)c(C)n1. The van der Waals surface area contributed by atoms with Gasteiger partial charge in [0.05, 0.1) is 11.3 Å². The van der Waals surface area contributed by atoms with E-state index in [1.165, 1.54) is 0 Å². The van der Waals surface area contributed by atoms with Gasteiger partial charge in [0.2, 0.25) is 0 Å². The number of halogens is 1. The highest BCUT2D eigenvalue weighted by molar-refractivity contribution is 9.09. The lowest BCUT2D eigenvalue weighted by molar-refractivity contribution is 0.0698. The summed E-state index contributed by atoms with van der Waals surface area (Å²) in [5, 5.41) is 1.04. The van der Waals surface area contributed by atoms with Crippen LogP contribution in [-0.4, -0.2) is 34.2 Å². The summed E-state index contributed by atoms with van der Waals surface area (Å²) in [6, 6.07) is 3.81. The van der Waals surface area contributed by atoms with Crippen molar-refractivity contribution in [1.82, 2.24) is 9.88 Å². The second-order valence-corrected chi connectivity index (χ2v) is 5.62. The Balaban J connectivity index is 2.08. The Morgan fingerprint density at radius 3 is 2.61 bits per heavy atom. The molecule has 2 heterocycles. The van der Waals surface area contributed by atoms with Crippen LogP contribution in [0, 0.1) is 19.8 Å². The van der Waals surface area contributed by atoms with E-state index >= 15 is 0 Å². The lowest BCUT2D eigenvalue weighted by Gasteiger charge is -2.31. The average Bonchev–Trinajstić information content (AvgIpc) is 2.38. The molecule has 1 aromatic rings.